The Kier molecular flexibility index (Phi) is 3.27. The Morgan fingerprint density at radius 3 is 2.71 bits per heavy atom. The summed E-state index contributed by atoms with van der Waals surface area (Å²) in [5.74, 6) is 1.34. The molecule has 2 unspecified atom stereocenters. The molecule has 2 aliphatic carbocycles. The number of carbonyl (C=O) groups is 2. The molecular weight excluding hydrogens is 300 g/mol. The van der Waals surface area contributed by atoms with Crippen LogP contribution < -0.4 is 0 Å². The van der Waals surface area contributed by atoms with Crippen LogP contribution in [0.4, 0.5) is 0 Å². The lowest BCUT2D eigenvalue weighted by molar-refractivity contribution is 0.0882. The average Bonchev–Trinajstić information content (AvgIpc) is 2.92. The maximum atomic E-state index is 12.6. The van der Waals surface area contributed by atoms with Crippen LogP contribution in [0, 0.1) is 18.3 Å². The van der Waals surface area contributed by atoms with E-state index in [1.165, 1.54) is 5.56 Å². The fourth-order valence-corrected chi connectivity index (χ4v) is 4.42. The Labute approximate surface area is 141 Å². The number of aromatic nitrogens is 2. The van der Waals surface area contributed by atoms with Crippen molar-refractivity contribution in [3.63, 3.8) is 0 Å². The molecule has 4 rings (SSSR count). The molecule has 1 saturated carbocycles. The molecule has 1 fully saturated rings. The maximum absolute atomic E-state index is 12.6. The summed E-state index contributed by atoms with van der Waals surface area (Å²) >= 11 is 0. The second-order valence-electron chi connectivity index (χ2n) is 7.72. The van der Waals surface area contributed by atoms with Crippen molar-refractivity contribution in [2.45, 2.75) is 46.0 Å². The van der Waals surface area contributed by atoms with E-state index in [9.17, 15) is 9.59 Å². The van der Waals surface area contributed by atoms with Gasteiger partial charge in [-0.2, -0.15) is 5.10 Å². The maximum Gasteiger partial charge on any atom is 0.247 e. The Morgan fingerprint density at radius 1 is 1.33 bits per heavy atom. The number of aryl methyl sites for hydroxylation is 2. The van der Waals surface area contributed by atoms with Crippen LogP contribution in [0.15, 0.2) is 24.3 Å². The summed E-state index contributed by atoms with van der Waals surface area (Å²) in [6.45, 7) is 6.65. The van der Waals surface area contributed by atoms with Gasteiger partial charge >= 0.3 is 0 Å². The number of hydrogen-bond donors (Lipinski definition) is 0. The normalized spacial score (nSPS) is 22.8. The molecule has 0 aliphatic heterocycles. The van der Waals surface area contributed by atoms with Gasteiger partial charge in [0.15, 0.2) is 0 Å². The quantitative estimate of drug-likeness (QED) is 0.809. The predicted molar refractivity (Wildman–Crippen MR) is 91.5 cm³/mol. The van der Waals surface area contributed by atoms with E-state index < -0.39 is 0 Å². The van der Waals surface area contributed by atoms with Crippen molar-refractivity contribution in [1.82, 2.24) is 9.78 Å². The van der Waals surface area contributed by atoms with Crippen molar-refractivity contribution in [3.05, 3.63) is 52.3 Å². The zero-order chi connectivity index (χ0) is 17.1. The van der Waals surface area contributed by atoms with Crippen molar-refractivity contribution < 1.29 is 9.59 Å². The molecule has 0 saturated heterocycles. The van der Waals surface area contributed by atoms with Crippen LogP contribution in [-0.2, 0) is 12.8 Å². The van der Waals surface area contributed by atoms with Gasteiger partial charge in [0.25, 0.3) is 0 Å². The van der Waals surface area contributed by atoms with Crippen LogP contribution in [0.5, 0.6) is 0 Å². The molecule has 1 aromatic carbocycles. The van der Waals surface area contributed by atoms with Gasteiger partial charge in [-0.25, -0.2) is 4.68 Å². The summed E-state index contributed by atoms with van der Waals surface area (Å²) in [6, 6.07) is 7.40. The predicted octanol–water partition coefficient (Wildman–Crippen LogP) is 3.57. The molecule has 1 aromatic heterocycles. The smallest absolute Gasteiger partial charge is 0.247 e. The number of carbonyl (C=O) groups excluding carboxylic acids is 2. The van der Waals surface area contributed by atoms with E-state index in [0.29, 0.717) is 35.7 Å². The van der Waals surface area contributed by atoms with E-state index >= 15 is 0 Å². The third-order valence-corrected chi connectivity index (χ3v) is 5.96. The lowest BCUT2D eigenvalue weighted by Gasteiger charge is -2.10. The van der Waals surface area contributed by atoms with E-state index in [1.807, 2.05) is 19.1 Å². The summed E-state index contributed by atoms with van der Waals surface area (Å²) in [7, 11) is 0. The average molecular weight is 322 g/mol. The molecule has 0 amide bonds. The monoisotopic (exact) mass is 322 g/mol. The molecule has 2 aliphatic rings. The first kappa shape index (κ1) is 15.3. The molecule has 124 valence electrons. The van der Waals surface area contributed by atoms with Crippen molar-refractivity contribution in [1.29, 1.82) is 0 Å². The molecule has 0 N–H and O–H groups in total. The fraction of sp³-hybridized carbons (Fsp3) is 0.450. The van der Waals surface area contributed by atoms with Crippen molar-refractivity contribution in [2.24, 2.45) is 11.3 Å². The molecule has 2 atom stereocenters. The number of aldehydes is 1. The lowest BCUT2D eigenvalue weighted by Crippen LogP contribution is -2.17. The second kappa shape index (κ2) is 5.13. The molecule has 0 radical (unpaired) electrons. The van der Waals surface area contributed by atoms with E-state index in [1.54, 1.807) is 16.8 Å². The van der Waals surface area contributed by atoms with Crippen LogP contribution in [0.2, 0.25) is 0 Å². The van der Waals surface area contributed by atoms with E-state index in [4.69, 9.17) is 0 Å². The highest BCUT2D eigenvalue weighted by Gasteiger charge is 2.64. The Morgan fingerprint density at radius 2 is 2.04 bits per heavy atom. The molecule has 24 heavy (non-hydrogen) atoms. The van der Waals surface area contributed by atoms with Gasteiger partial charge in [-0.05, 0) is 42.6 Å². The van der Waals surface area contributed by atoms with Gasteiger partial charge in [0.05, 0.1) is 11.4 Å². The molecular formula is C20H22N2O2. The standard InChI is InChI=1S/C20H22N2O2/c1-12-18-16(10-15-19(18)20(15,2)3)22(21-12)17(24)9-8-13-4-6-14(11-23)7-5-13/h4-7,11,15,19H,8-10H2,1-3H3. The van der Waals surface area contributed by atoms with E-state index in [-0.39, 0.29) is 5.91 Å². The van der Waals surface area contributed by atoms with E-state index in [2.05, 4.69) is 18.9 Å². The van der Waals surface area contributed by atoms with Gasteiger partial charge in [0.1, 0.15) is 6.29 Å². The second-order valence-corrected chi connectivity index (χ2v) is 7.72. The first-order valence-corrected chi connectivity index (χ1v) is 8.59. The van der Waals surface area contributed by atoms with Crippen molar-refractivity contribution in [3.8, 4) is 0 Å². The summed E-state index contributed by atoms with van der Waals surface area (Å²) < 4.78 is 1.66. The van der Waals surface area contributed by atoms with E-state index in [0.717, 1.165) is 29.7 Å². The highest BCUT2D eigenvalue weighted by Crippen LogP contribution is 2.70. The topological polar surface area (TPSA) is 52.0 Å². The number of fused-ring (bicyclic) bond motifs is 3. The van der Waals surface area contributed by atoms with Gasteiger partial charge < -0.3 is 0 Å². The van der Waals surface area contributed by atoms with Gasteiger partial charge in [0.2, 0.25) is 5.91 Å². The minimum absolute atomic E-state index is 0.0675. The van der Waals surface area contributed by atoms with Crippen LogP contribution in [-0.4, -0.2) is 22.0 Å². The molecule has 2 aromatic rings. The SMILES string of the molecule is Cc1nn(C(=O)CCc2ccc(C=O)cc2)c2c1C1C(C2)C1(C)C. The molecule has 0 bridgehead atoms. The summed E-state index contributed by atoms with van der Waals surface area (Å²) in [5.41, 5.74) is 5.59. The largest absolute Gasteiger partial charge is 0.298 e. The third kappa shape index (κ3) is 2.16. The zero-order valence-corrected chi connectivity index (χ0v) is 14.4. The molecule has 4 nitrogen and oxygen atoms in total. The minimum atomic E-state index is 0.0675. The number of rotatable bonds is 4. The zero-order valence-electron chi connectivity index (χ0n) is 14.4. The van der Waals surface area contributed by atoms with Crippen molar-refractivity contribution in [2.75, 3.05) is 0 Å². The van der Waals surface area contributed by atoms with Crippen LogP contribution >= 0.6 is 0 Å². The third-order valence-electron chi connectivity index (χ3n) is 5.96. The highest BCUT2D eigenvalue weighted by atomic mass is 16.2. The minimum Gasteiger partial charge on any atom is -0.298 e. The number of nitrogens with zero attached hydrogens (tertiary/aromatic N) is 2. The van der Waals surface area contributed by atoms with Crippen LogP contribution in [0.1, 0.15) is 63.9 Å². The fourth-order valence-electron chi connectivity index (χ4n) is 4.42. The highest BCUT2D eigenvalue weighted by molar-refractivity contribution is 5.80. The van der Waals surface area contributed by atoms with Crippen LogP contribution in [0.25, 0.3) is 0 Å². The molecule has 0 spiro atoms. The Balaban J connectivity index is 1.49. The molecule has 1 heterocycles. The Bertz CT molecular complexity index is 830. The first-order valence-electron chi connectivity index (χ1n) is 8.59. The summed E-state index contributed by atoms with van der Waals surface area (Å²) in [6.07, 6.45) is 2.92. The number of hydrogen-bond acceptors (Lipinski definition) is 3. The van der Waals surface area contributed by atoms with Gasteiger partial charge in [-0.15, -0.1) is 0 Å². The summed E-state index contributed by atoms with van der Waals surface area (Å²) in [5, 5.41) is 4.54. The van der Waals surface area contributed by atoms with Gasteiger partial charge in [-0.1, -0.05) is 38.1 Å². The van der Waals surface area contributed by atoms with Gasteiger partial charge in [-0.3, -0.25) is 9.59 Å². The number of benzene rings is 1. The first-order chi connectivity index (χ1) is 11.4. The van der Waals surface area contributed by atoms with Gasteiger partial charge in [0, 0.05) is 17.5 Å². The summed E-state index contributed by atoms with van der Waals surface area (Å²) in [4.78, 5) is 23.3. The molecule has 4 heteroatoms. The van der Waals surface area contributed by atoms with Crippen LogP contribution in [0.3, 0.4) is 0 Å². The Hall–Kier alpha value is -2.23. The lowest BCUT2D eigenvalue weighted by atomic mass is 9.98. The van der Waals surface area contributed by atoms with Crippen molar-refractivity contribution >= 4 is 12.2 Å².